The number of aromatic nitrogens is 2. The number of imidazole rings is 1. The van der Waals surface area contributed by atoms with Gasteiger partial charge in [-0.25, -0.2) is 4.98 Å². The van der Waals surface area contributed by atoms with Crippen LogP contribution in [0, 0.1) is 11.3 Å². The van der Waals surface area contributed by atoms with Crippen LogP contribution >= 0.6 is 0 Å². The predicted octanol–water partition coefficient (Wildman–Crippen LogP) is 6.27. The zero-order chi connectivity index (χ0) is 27.7. The number of carboxylic acids is 1. The van der Waals surface area contributed by atoms with Crippen molar-refractivity contribution in [2.24, 2.45) is 11.3 Å². The molecule has 2 atom stereocenters. The number of halogens is 3. The Balaban J connectivity index is 1.70. The zero-order valence-corrected chi connectivity index (χ0v) is 21.4. The van der Waals surface area contributed by atoms with Crippen molar-refractivity contribution in [3.05, 3.63) is 48.0 Å². The summed E-state index contributed by atoms with van der Waals surface area (Å²) in [5.41, 5.74) is 2.39. The van der Waals surface area contributed by atoms with Gasteiger partial charge in [-0.1, -0.05) is 20.8 Å². The molecule has 1 amide bonds. The molecule has 1 aliphatic rings. The number of hydrogen-bond donors (Lipinski definition) is 3. The molecule has 204 valence electrons. The fourth-order valence-corrected chi connectivity index (χ4v) is 5.44. The number of nitrogens with zero attached hydrogens (tertiary/aromatic N) is 2. The number of carboxylic acid groups (broad SMARTS) is 1. The van der Waals surface area contributed by atoms with E-state index in [4.69, 9.17) is 10.1 Å². The number of amides is 1. The summed E-state index contributed by atoms with van der Waals surface area (Å²) >= 11 is 0. The van der Waals surface area contributed by atoms with Gasteiger partial charge in [0.25, 0.3) is 5.91 Å². The Morgan fingerprint density at radius 1 is 1.16 bits per heavy atom. The standard InChI is InChI=1S/C27H31F3N4O4/c1-16-12-19(15-26(2,3)14-16)34-22-13-17(24(37)31-11-10-23(35)36)4-9-21(22)33-25(34)32-18-5-7-20(8-6-18)38-27(28,29)30/h4-9,13,16,19H,10-12,14-15H2,1-3H3,(H,31,37)(H,32,33)(H,35,36). The quantitative estimate of drug-likeness (QED) is 0.316. The topological polar surface area (TPSA) is 105 Å². The second-order valence-corrected chi connectivity index (χ2v) is 10.7. The minimum atomic E-state index is -4.77. The molecule has 11 heteroatoms. The second-order valence-electron chi connectivity index (χ2n) is 10.7. The number of anilines is 2. The van der Waals surface area contributed by atoms with E-state index in [0.717, 1.165) is 24.8 Å². The number of fused-ring (bicyclic) bond motifs is 1. The lowest BCUT2D eigenvalue weighted by atomic mass is 9.70. The summed E-state index contributed by atoms with van der Waals surface area (Å²) < 4.78 is 43.7. The molecule has 0 spiro atoms. The third kappa shape index (κ3) is 6.76. The summed E-state index contributed by atoms with van der Waals surface area (Å²) in [5, 5.41) is 14.7. The van der Waals surface area contributed by atoms with E-state index in [1.54, 1.807) is 18.2 Å². The molecule has 3 N–H and O–H groups in total. The fourth-order valence-electron chi connectivity index (χ4n) is 5.44. The van der Waals surface area contributed by atoms with E-state index in [0.29, 0.717) is 28.6 Å². The number of rotatable bonds is 8. The lowest BCUT2D eigenvalue weighted by molar-refractivity contribution is -0.274. The van der Waals surface area contributed by atoms with Crippen LogP contribution in [-0.4, -0.2) is 39.4 Å². The third-order valence-electron chi connectivity index (χ3n) is 6.65. The Kier molecular flexibility index (Phi) is 7.57. The number of aliphatic carboxylic acids is 1. The van der Waals surface area contributed by atoms with Crippen LogP contribution in [0.25, 0.3) is 11.0 Å². The summed E-state index contributed by atoms with van der Waals surface area (Å²) in [5.74, 6) is -0.731. The van der Waals surface area contributed by atoms with E-state index < -0.39 is 12.3 Å². The van der Waals surface area contributed by atoms with Crippen LogP contribution in [-0.2, 0) is 4.79 Å². The molecule has 0 bridgehead atoms. The van der Waals surface area contributed by atoms with Crippen LogP contribution in [0.3, 0.4) is 0 Å². The van der Waals surface area contributed by atoms with Crippen LogP contribution in [0.4, 0.5) is 24.8 Å². The van der Waals surface area contributed by atoms with E-state index in [2.05, 4.69) is 40.7 Å². The average Bonchev–Trinajstić information content (AvgIpc) is 3.14. The molecular weight excluding hydrogens is 501 g/mol. The number of benzene rings is 2. The van der Waals surface area contributed by atoms with E-state index in [-0.39, 0.29) is 36.1 Å². The molecule has 1 fully saturated rings. The minimum absolute atomic E-state index is 0.0145. The first kappa shape index (κ1) is 27.3. The van der Waals surface area contributed by atoms with Crippen LogP contribution in [0.2, 0.25) is 0 Å². The molecule has 4 rings (SSSR count). The Morgan fingerprint density at radius 2 is 1.87 bits per heavy atom. The number of nitrogens with one attached hydrogen (secondary N) is 2. The monoisotopic (exact) mass is 532 g/mol. The molecule has 1 aliphatic carbocycles. The van der Waals surface area contributed by atoms with Gasteiger partial charge in [0.1, 0.15) is 5.75 Å². The summed E-state index contributed by atoms with van der Waals surface area (Å²) in [6, 6.07) is 10.6. The fraction of sp³-hybridized carbons (Fsp3) is 0.444. The highest BCUT2D eigenvalue weighted by molar-refractivity contribution is 5.98. The highest BCUT2D eigenvalue weighted by atomic mass is 19.4. The van der Waals surface area contributed by atoms with E-state index in [1.807, 2.05) is 0 Å². The van der Waals surface area contributed by atoms with Crippen molar-refractivity contribution in [1.29, 1.82) is 0 Å². The summed E-state index contributed by atoms with van der Waals surface area (Å²) in [6.07, 6.45) is -2.09. The average molecular weight is 533 g/mol. The molecule has 0 radical (unpaired) electrons. The first-order chi connectivity index (χ1) is 17.8. The molecule has 1 saturated carbocycles. The van der Waals surface area contributed by atoms with Gasteiger partial charge in [-0.15, -0.1) is 13.2 Å². The van der Waals surface area contributed by atoms with Gasteiger partial charge in [0.2, 0.25) is 5.95 Å². The van der Waals surface area contributed by atoms with Gasteiger partial charge in [0.05, 0.1) is 17.5 Å². The van der Waals surface area contributed by atoms with Crippen molar-refractivity contribution >= 4 is 34.5 Å². The van der Waals surface area contributed by atoms with E-state index in [9.17, 15) is 22.8 Å². The molecule has 2 aromatic carbocycles. The minimum Gasteiger partial charge on any atom is -0.481 e. The summed E-state index contributed by atoms with van der Waals surface area (Å²) in [6.45, 7) is 6.67. The smallest absolute Gasteiger partial charge is 0.481 e. The van der Waals surface area contributed by atoms with E-state index in [1.165, 1.54) is 24.3 Å². The lowest BCUT2D eigenvalue weighted by Crippen LogP contribution is -2.30. The number of carbonyl (C=O) groups excluding carboxylic acids is 1. The zero-order valence-electron chi connectivity index (χ0n) is 21.4. The normalized spacial score (nSPS) is 19.2. The SMILES string of the molecule is CC1CC(n2c(Nc3ccc(OC(F)(F)F)cc3)nc3ccc(C(=O)NCCC(=O)O)cc32)CC(C)(C)C1. The number of ether oxygens (including phenoxy) is 1. The number of alkyl halides is 3. The maximum absolute atomic E-state index is 12.7. The Morgan fingerprint density at radius 3 is 2.50 bits per heavy atom. The van der Waals surface area contributed by atoms with Crippen LogP contribution < -0.4 is 15.4 Å². The van der Waals surface area contributed by atoms with Crippen molar-refractivity contribution in [2.75, 3.05) is 11.9 Å². The predicted molar refractivity (Wildman–Crippen MR) is 137 cm³/mol. The molecule has 8 nitrogen and oxygen atoms in total. The van der Waals surface area contributed by atoms with Crippen molar-refractivity contribution in [3.63, 3.8) is 0 Å². The molecule has 1 aromatic heterocycles. The second kappa shape index (κ2) is 10.5. The van der Waals surface area contributed by atoms with Crippen molar-refractivity contribution in [1.82, 2.24) is 14.9 Å². The first-order valence-corrected chi connectivity index (χ1v) is 12.4. The summed E-state index contributed by atoms with van der Waals surface area (Å²) in [7, 11) is 0. The molecule has 2 unspecified atom stereocenters. The number of carbonyl (C=O) groups is 2. The van der Waals surface area contributed by atoms with Crippen LogP contribution in [0.5, 0.6) is 5.75 Å². The molecular formula is C27H31F3N4O4. The number of hydrogen-bond acceptors (Lipinski definition) is 5. The van der Waals surface area contributed by atoms with Crippen molar-refractivity contribution < 1.29 is 32.6 Å². The maximum atomic E-state index is 12.7. The van der Waals surface area contributed by atoms with Crippen molar-refractivity contribution in [3.8, 4) is 5.75 Å². The van der Waals surface area contributed by atoms with E-state index >= 15 is 0 Å². The van der Waals surface area contributed by atoms with Gasteiger partial charge in [-0.2, -0.15) is 0 Å². The van der Waals surface area contributed by atoms with Crippen molar-refractivity contribution in [2.45, 2.75) is 58.9 Å². The van der Waals surface area contributed by atoms with Gasteiger partial charge in [-0.05, 0) is 73.1 Å². The molecule has 38 heavy (non-hydrogen) atoms. The highest BCUT2D eigenvalue weighted by Crippen LogP contribution is 2.46. The Labute approximate surface area is 218 Å². The van der Waals surface area contributed by atoms with Crippen LogP contribution in [0.1, 0.15) is 62.9 Å². The molecule has 0 saturated heterocycles. The molecule has 1 heterocycles. The highest BCUT2D eigenvalue weighted by Gasteiger charge is 2.35. The molecule has 0 aliphatic heterocycles. The summed E-state index contributed by atoms with van der Waals surface area (Å²) in [4.78, 5) is 28.3. The lowest BCUT2D eigenvalue weighted by Gasteiger charge is -2.40. The maximum Gasteiger partial charge on any atom is 0.573 e. The Bertz CT molecular complexity index is 1320. The Hall–Kier alpha value is -3.76. The van der Waals surface area contributed by atoms with Gasteiger partial charge < -0.3 is 25.0 Å². The first-order valence-electron chi connectivity index (χ1n) is 12.4. The van der Waals surface area contributed by atoms with Gasteiger partial charge >= 0.3 is 12.3 Å². The largest absolute Gasteiger partial charge is 0.573 e. The van der Waals surface area contributed by atoms with Gasteiger partial charge in [0, 0.05) is 23.8 Å². The van der Waals surface area contributed by atoms with Gasteiger partial charge in [-0.3, -0.25) is 9.59 Å². The molecule has 3 aromatic rings. The van der Waals surface area contributed by atoms with Gasteiger partial charge in [0.15, 0.2) is 0 Å². The van der Waals surface area contributed by atoms with Crippen LogP contribution in [0.15, 0.2) is 42.5 Å². The third-order valence-corrected chi connectivity index (χ3v) is 6.65.